The number of benzene rings is 1. The third kappa shape index (κ3) is 4.08. The number of nitrogens with zero attached hydrogens (tertiary/aromatic N) is 3. The van der Waals surface area contributed by atoms with E-state index in [0.29, 0.717) is 46.5 Å². The van der Waals surface area contributed by atoms with Crippen molar-refractivity contribution in [2.45, 2.75) is 45.4 Å². The molecule has 0 radical (unpaired) electrons. The summed E-state index contributed by atoms with van der Waals surface area (Å²) in [4.78, 5) is 9.04. The van der Waals surface area contributed by atoms with E-state index >= 15 is 0 Å². The number of ether oxygens (including phenoxy) is 1. The zero-order valence-electron chi connectivity index (χ0n) is 16.5. The van der Waals surface area contributed by atoms with Gasteiger partial charge in [0.05, 0.1) is 17.1 Å². The molecule has 0 spiro atoms. The maximum atomic E-state index is 12.7. The molecule has 4 rings (SSSR count). The molecule has 0 saturated carbocycles. The molecule has 0 fully saturated rings. The minimum Gasteiger partial charge on any atom is -0.405 e. The van der Waals surface area contributed by atoms with E-state index in [1.54, 1.807) is 24.3 Å². The summed E-state index contributed by atoms with van der Waals surface area (Å²) in [6.45, 7) is 4.20. The summed E-state index contributed by atoms with van der Waals surface area (Å²) >= 11 is 0. The van der Waals surface area contributed by atoms with Gasteiger partial charge in [-0.2, -0.15) is 0 Å². The Kier molecular flexibility index (Phi) is 5.32. The summed E-state index contributed by atoms with van der Waals surface area (Å²) in [6.07, 6.45) is 0.988. The van der Waals surface area contributed by atoms with Crippen LogP contribution in [0.4, 0.5) is 13.2 Å². The van der Waals surface area contributed by atoms with Crippen molar-refractivity contribution in [3.8, 4) is 5.75 Å². The maximum absolute atomic E-state index is 12.7. The van der Waals surface area contributed by atoms with E-state index in [4.69, 9.17) is 4.52 Å². The van der Waals surface area contributed by atoms with Crippen molar-refractivity contribution in [3.63, 3.8) is 0 Å². The molecule has 30 heavy (non-hydrogen) atoms. The molecule has 8 heteroatoms. The molecule has 2 aliphatic rings. The molecule has 0 N–H and O–H groups in total. The molecule has 1 aliphatic carbocycles. The van der Waals surface area contributed by atoms with Crippen LogP contribution in [-0.4, -0.2) is 23.1 Å². The van der Waals surface area contributed by atoms with E-state index in [-0.39, 0.29) is 5.75 Å². The van der Waals surface area contributed by atoms with Gasteiger partial charge in [-0.1, -0.05) is 43.3 Å². The second-order valence-corrected chi connectivity index (χ2v) is 7.09. The van der Waals surface area contributed by atoms with Gasteiger partial charge in [0.1, 0.15) is 5.75 Å². The molecule has 0 bridgehead atoms. The normalized spacial score (nSPS) is 16.1. The Morgan fingerprint density at radius 3 is 2.60 bits per heavy atom. The molecule has 0 unspecified atom stereocenters. The molecular formula is C22H20F3N3O2. The average Bonchev–Trinajstić information content (AvgIpc) is 3.34. The summed E-state index contributed by atoms with van der Waals surface area (Å²) in [7, 11) is 0. The highest BCUT2D eigenvalue weighted by Gasteiger charge is 2.33. The minimum absolute atomic E-state index is 0.238. The van der Waals surface area contributed by atoms with E-state index in [2.05, 4.69) is 33.7 Å². The number of alkyl halides is 3. The molecular weight excluding hydrogens is 395 g/mol. The van der Waals surface area contributed by atoms with Gasteiger partial charge in [0.15, 0.2) is 5.84 Å². The highest BCUT2D eigenvalue weighted by Crippen LogP contribution is 2.36. The standard InChI is InChI=1S/C22H20F3N3O2/c1-3-13(4-2)17-12-20(30-28-17)21-26-16-10-9-14(11-18(16)27-21)15-7-5-6-8-19(15)29-22(23,24)25/h5-10,12-13H,3-4,11H2,1-2H3. The first-order valence-electron chi connectivity index (χ1n) is 9.77. The van der Waals surface area contributed by atoms with Crippen molar-refractivity contribution in [2.75, 3.05) is 0 Å². The smallest absolute Gasteiger partial charge is 0.405 e. The van der Waals surface area contributed by atoms with E-state index in [0.717, 1.165) is 18.5 Å². The van der Waals surface area contributed by atoms with Crippen LogP contribution in [0.1, 0.15) is 56.0 Å². The number of hydrogen-bond acceptors (Lipinski definition) is 5. The Morgan fingerprint density at radius 2 is 1.87 bits per heavy atom. The van der Waals surface area contributed by atoms with Gasteiger partial charge in [0.2, 0.25) is 5.76 Å². The first-order valence-corrected chi connectivity index (χ1v) is 9.77. The summed E-state index contributed by atoms with van der Waals surface area (Å²) in [6, 6.07) is 7.94. The molecule has 2 aromatic rings. The maximum Gasteiger partial charge on any atom is 0.573 e. The number of rotatable bonds is 6. The van der Waals surface area contributed by atoms with Crippen molar-refractivity contribution >= 4 is 17.1 Å². The highest BCUT2D eigenvalue weighted by atomic mass is 19.4. The van der Waals surface area contributed by atoms with Crippen LogP contribution in [0.5, 0.6) is 5.75 Å². The van der Waals surface area contributed by atoms with Crippen LogP contribution in [0, 0.1) is 0 Å². The van der Waals surface area contributed by atoms with Crippen molar-refractivity contribution in [3.05, 3.63) is 65.2 Å². The predicted octanol–water partition coefficient (Wildman–Crippen LogP) is 6.05. The molecule has 0 saturated heterocycles. The van der Waals surface area contributed by atoms with Crippen LogP contribution in [0.3, 0.4) is 0 Å². The topological polar surface area (TPSA) is 60.0 Å². The number of hydrogen-bond donors (Lipinski definition) is 0. The van der Waals surface area contributed by atoms with Gasteiger partial charge in [-0.05, 0) is 30.6 Å². The summed E-state index contributed by atoms with van der Waals surface area (Å²) in [5, 5.41) is 4.15. The molecule has 0 atom stereocenters. The number of aliphatic imine (C=N–C) groups is 2. The van der Waals surface area contributed by atoms with Gasteiger partial charge in [0, 0.05) is 24.0 Å². The second kappa shape index (κ2) is 7.93. The Labute approximate surface area is 171 Å². The van der Waals surface area contributed by atoms with Crippen molar-refractivity contribution < 1.29 is 22.4 Å². The van der Waals surface area contributed by atoms with Crippen molar-refractivity contribution in [2.24, 2.45) is 9.98 Å². The largest absolute Gasteiger partial charge is 0.573 e. The fourth-order valence-corrected chi connectivity index (χ4v) is 3.61. The van der Waals surface area contributed by atoms with Gasteiger partial charge in [-0.3, -0.25) is 0 Å². The highest BCUT2D eigenvalue weighted by molar-refractivity contribution is 6.20. The van der Waals surface area contributed by atoms with Crippen molar-refractivity contribution in [1.82, 2.24) is 5.16 Å². The lowest BCUT2D eigenvalue weighted by Gasteiger charge is -2.17. The first kappa shape index (κ1) is 20.1. The van der Waals surface area contributed by atoms with Gasteiger partial charge in [0.25, 0.3) is 0 Å². The third-order valence-electron chi connectivity index (χ3n) is 5.17. The van der Waals surface area contributed by atoms with Crippen LogP contribution >= 0.6 is 0 Å². The first-order chi connectivity index (χ1) is 14.4. The van der Waals surface area contributed by atoms with Gasteiger partial charge >= 0.3 is 6.36 Å². The lowest BCUT2D eigenvalue weighted by Crippen LogP contribution is -2.18. The molecule has 1 aromatic heterocycles. The van der Waals surface area contributed by atoms with Crippen LogP contribution < -0.4 is 4.74 Å². The summed E-state index contributed by atoms with van der Waals surface area (Å²) in [5.74, 6) is 0.993. The quantitative estimate of drug-likeness (QED) is 0.577. The average molecular weight is 415 g/mol. The van der Waals surface area contributed by atoms with Crippen LogP contribution in [0.2, 0.25) is 0 Å². The molecule has 1 aliphatic heterocycles. The third-order valence-corrected chi connectivity index (χ3v) is 5.17. The minimum atomic E-state index is -4.76. The van der Waals surface area contributed by atoms with E-state index in [1.165, 1.54) is 12.1 Å². The molecule has 156 valence electrons. The fraction of sp³-hybridized carbons (Fsp3) is 0.318. The van der Waals surface area contributed by atoms with Gasteiger partial charge in [-0.25, -0.2) is 9.98 Å². The number of amidine groups is 1. The Morgan fingerprint density at radius 1 is 1.10 bits per heavy atom. The lowest BCUT2D eigenvalue weighted by atomic mass is 9.94. The fourth-order valence-electron chi connectivity index (χ4n) is 3.61. The number of fused-ring (bicyclic) bond motifs is 1. The Hall–Kier alpha value is -3.16. The monoisotopic (exact) mass is 415 g/mol. The van der Waals surface area contributed by atoms with Gasteiger partial charge in [-0.15, -0.1) is 13.2 Å². The lowest BCUT2D eigenvalue weighted by molar-refractivity contribution is -0.274. The zero-order valence-corrected chi connectivity index (χ0v) is 16.5. The van der Waals surface area contributed by atoms with Crippen LogP contribution in [0.25, 0.3) is 5.57 Å². The van der Waals surface area contributed by atoms with E-state index < -0.39 is 6.36 Å². The van der Waals surface area contributed by atoms with Gasteiger partial charge < -0.3 is 9.26 Å². The van der Waals surface area contributed by atoms with Crippen molar-refractivity contribution in [1.29, 1.82) is 0 Å². The SMILES string of the molecule is CCC(CC)c1cc(C2=NC3=CC=C(c4ccccc4OC(F)(F)F)CC3=N2)on1. The summed E-state index contributed by atoms with van der Waals surface area (Å²) < 4.78 is 47.8. The van der Waals surface area contributed by atoms with E-state index in [1.807, 2.05) is 6.07 Å². The molecule has 0 amide bonds. The Balaban J connectivity index is 1.57. The molecule has 1 aromatic carbocycles. The van der Waals surface area contributed by atoms with Crippen LogP contribution in [0.15, 0.2) is 62.7 Å². The molecule has 2 heterocycles. The summed E-state index contributed by atoms with van der Waals surface area (Å²) in [5.41, 5.74) is 3.26. The second-order valence-electron chi connectivity index (χ2n) is 7.09. The number of halogens is 3. The van der Waals surface area contributed by atoms with E-state index in [9.17, 15) is 13.2 Å². The van der Waals surface area contributed by atoms with Crippen LogP contribution in [-0.2, 0) is 0 Å². The Bertz CT molecular complexity index is 1070. The number of allylic oxidation sites excluding steroid dienone is 4. The number of para-hydroxylation sites is 1. The molecule has 5 nitrogen and oxygen atoms in total. The predicted molar refractivity (Wildman–Crippen MR) is 108 cm³/mol. The number of aromatic nitrogens is 1. The zero-order chi connectivity index (χ0) is 21.3.